The Morgan fingerprint density at radius 2 is 1.97 bits per heavy atom. The Labute approximate surface area is 177 Å². The number of β-amino-alcohol motifs (C(OH)–C–C–N with tert-alkyl or cyclic N) is 1. The molecule has 1 aliphatic rings. The lowest BCUT2D eigenvalue weighted by Gasteiger charge is -2.17. The summed E-state index contributed by atoms with van der Waals surface area (Å²) in [6.07, 6.45) is 0. The van der Waals surface area contributed by atoms with Crippen LogP contribution in [0.5, 0.6) is 11.5 Å². The van der Waals surface area contributed by atoms with E-state index < -0.39 is 11.9 Å². The molecule has 0 aliphatic carbocycles. The van der Waals surface area contributed by atoms with Gasteiger partial charge in [0, 0.05) is 11.6 Å². The number of anilines is 1. The maximum absolute atomic E-state index is 12.7. The average Bonchev–Trinajstić information content (AvgIpc) is 3.01. The predicted molar refractivity (Wildman–Crippen MR) is 109 cm³/mol. The molecular weight excluding hydrogens is 419 g/mol. The molecule has 0 radical (unpaired) electrons. The lowest BCUT2D eigenvalue weighted by molar-refractivity contribution is -0.136. The molecule has 0 saturated heterocycles. The topological polar surface area (TPSA) is 88.1 Å². The lowest BCUT2D eigenvalue weighted by Crippen LogP contribution is -2.31. The molecule has 152 valence electrons. The maximum Gasteiger partial charge on any atom is 0.337 e. The van der Waals surface area contributed by atoms with Crippen molar-refractivity contribution in [2.24, 2.45) is 0 Å². The van der Waals surface area contributed by atoms with Crippen LogP contribution in [-0.2, 0) is 14.3 Å². The van der Waals surface area contributed by atoms with Gasteiger partial charge in [0.25, 0.3) is 5.91 Å². The van der Waals surface area contributed by atoms with Crippen molar-refractivity contribution in [3.8, 4) is 11.5 Å². The summed E-state index contributed by atoms with van der Waals surface area (Å²) in [6, 6.07) is 11.7. The predicted octanol–water partition coefficient (Wildman–Crippen LogP) is 3.46. The molecule has 3 rings (SSSR count). The number of halogens is 2. The largest absolute Gasteiger partial charge is 0.466 e. The van der Waals surface area contributed by atoms with E-state index in [-0.39, 0.29) is 31.0 Å². The summed E-state index contributed by atoms with van der Waals surface area (Å²) < 4.78 is 10.7. The monoisotopic (exact) mass is 436 g/mol. The molecule has 0 saturated carbocycles. The number of methoxy groups -OCH3 is 1. The van der Waals surface area contributed by atoms with Gasteiger partial charge in [0.1, 0.15) is 11.4 Å². The molecule has 0 aromatic heterocycles. The minimum absolute atomic E-state index is 0.0235. The van der Waals surface area contributed by atoms with Gasteiger partial charge >= 0.3 is 5.97 Å². The number of carbonyl (C=O) groups excluding carboxylic acids is 2. The van der Waals surface area contributed by atoms with E-state index >= 15 is 0 Å². The van der Waals surface area contributed by atoms with Crippen LogP contribution >= 0.6 is 23.2 Å². The molecule has 7 nitrogen and oxygen atoms in total. The van der Waals surface area contributed by atoms with E-state index in [2.05, 4.69) is 5.32 Å². The molecule has 0 fully saturated rings. The van der Waals surface area contributed by atoms with Crippen LogP contribution in [0.3, 0.4) is 0 Å². The number of hydrogen-bond acceptors (Lipinski definition) is 6. The van der Waals surface area contributed by atoms with Crippen LogP contribution in [0, 0.1) is 0 Å². The number of esters is 1. The van der Waals surface area contributed by atoms with Crippen LogP contribution in [0.25, 0.3) is 0 Å². The van der Waals surface area contributed by atoms with E-state index in [1.165, 1.54) is 12.0 Å². The number of nitrogens with one attached hydrogen (secondary N) is 1. The highest BCUT2D eigenvalue weighted by atomic mass is 35.5. The second-order valence-electron chi connectivity index (χ2n) is 6.09. The van der Waals surface area contributed by atoms with Gasteiger partial charge in [0.05, 0.1) is 36.5 Å². The van der Waals surface area contributed by atoms with Crippen molar-refractivity contribution in [2.75, 3.05) is 32.1 Å². The minimum atomic E-state index is -0.642. The molecule has 2 aromatic carbocycles. The summed E-state index contributed by atoms with van der Waals surface area (Å²) in [4.78, 5) is 26.2. The fourth-order valence-corrected chi connectivity index (χ4v) is 3.16. The van der Waals surface area contributed by atoms with E-state index in [1.54, 1.807) is 42.5 Å². The van der Waals surface area contributed by atoms with Crippen LogP contribution in [-0.4, -0.2) is 48.7 Å². The summed E-state index contributed by atoms with van der Waals surface area (Å²) in [5.41, 5.74) is 0.555. The summed E-state index contributed by atoms with van der Waals surface area (Å²) >= 11 is 12.3. The summed E-state index contributed by atoms with van der Waals surface area (Å²) in [6.45, 7) is -0.121. The van der Waals surface area contributed by atoms with Crippen LogP contribution in [0.15, 0.2) is 53.7 Å². The Morgan fingerprint density at radius 3 is 2.66 bits per heavy atom. The summed E-state index contributed by atoms with van der Waals surface area (Å²) in [7, 11) is 1.23. The first-order chi connectivity index (χ1) is 13.9. The number of benzene rings is 2. The number of aliphatic hydroxyl groups is 1. The molecule has 1 aliphatic heterocycles. The molecule has 0 spiro atoms. The van der Waals surface area contributed by atoms with Crippen molar-refractivity contribution in [3.63, 3.8) is 0 Å². The first-order valence-corrected chi connectivity index (χ1v) is 9.40. The zero-order valence-corrected chi connectivity index (χ0v) is 17.0. The SMILES string of the molecule is COC(=O)C1=C(Nc2cc(Cl)ccc2Oc2ccccc2Cl)C(=O)N(CCO)C1. The Balaban J connectivity index is 1.97. The minimum Gasteiger partial charge on any atom is -0.466 e. The molecular formula is C20H18Cl2N2O5. The van der Waals surface area contributed by atoms with Crippen molar-refractivity contribution in [3.05, 3.63) is 63.8 Å². The molecule has 0 unspecified atom stereocenters. The van der Waals surface area contributed by atoms with Gasteiger partial charge in [0.2, 0.25) is 0 Å². The lowest BCUT2D eigenvalue weighted by atomic mass is 10.2. The number of rotatable bonds is 7. The van der Waals surface area contributed by atoms with Crippen molar-refractivity contribution >= 4 is 40.8 Å². The first-order valence-electron chi connectivity index (χ1n) is 8.65. The fourth-order valence-electron chi connectivity index (χ4n) is 2.82. The molecule has 2 aromatic rings. The van der Waals surface area contributed by atoms with Gasteiger partial charge in [-0.2, -0.15) is 0 Å². The van der Waals surface area contributed by atoms with Crippen molar-refractivity contribution in [1.29, 1.82) is 0 Å². The van der Waals surface area contributed by atoms with Gasteiger partial charge in [-0.3, -0.25) is 4.79 Å². The van der Waals surface area contributed by atoms with E-state index in [1.807, 2.05) is 0 Å². The third kappa shape index (κ3) is 4.64. The second-order valence-corrected chi connectivity index (χ2v) is 6.94. The molecule has 1 heterocycles. The van der Waals surface area contributed by atoms with Crippen LogP contribution in [0.4, 0.5) is 5.69 Å². The van der Waals surface area contributed by atoms with Gasteiger partial charge < -0.3 is 24.8 Å². The first kappa shape index (κ1) is 21.0. The molecule has 2 N–H and O–H groups in total. The number of ether oxygens (including phenoxy) is 2. The zero-order valence-electron chi connectivity index (χ0n) is 15.4. The quantitative estimate of drug-likeness (QED) is 0.646. The number of hydrogen-bond donors (Lipinski definition) is 2. The van der Waals surface area contributed by atoms with Crippen LogP contribution in [0.1, 0.15) is 0 Å². The summed E-state index contributed by atoms with van der Waals surface area (Å²) in [5, 5.41) is 12.9. The highest BCUT2D eigenvalue weighted by Crippen LogP contribution is 2.36. The van der Waals surface area contributed by atoms with Gasteiger partial charge in [-0.1, -0.05) is 35.3 Å². The van der Waals surface area contributed by atoms with E-state index in [0.717, 1.165) is 0 Å². The van der Waals surface area contributed by atoms with Crippen molar-refractivity contribution in [1.82, 2.24) is 4.90 Å². The number of aliphatic hydroxyl groups excluding tert-OH is 1. The Hall–Kier alpha value is -2.74. The molecule has 29 heavy (non-hydrogen) atoms. The number of amides is 1. The van der Waals surface area contributed by atoms with Gasteiger partial charge in [0.15, 0.2) is 5.75 Å². The molecule has 0 atom stereocenters. The van der Waals surface area contributed by atoms with E-state index in [0.29, 0.717) is 27.2 Å². The Morgan fingerprint density at radius 1 is 1.21 bits per heavy atom. The Kier molecular flexibility index (Phi) is 6.64. The van der Waals surface area contributed by atoms with Crippen molar-refractivity contribution in [2.45, 2.75) is 0 Å². The molecule has 0 bridgehead atoms. The molecule has 1 amide bonds. The third-order valence-corrected chi connectivity index (χ3v) is 4.76. The summed E-state index contributed by atoms with van der Waals surface area (Å²) in [5.74, 6) is -0.311. The third-order valence-electron chi connectivity index (χ3n) is 4.21. The molecule has 9 heteroatoms. The Bertz CT molecular complexity index is 977. The normalized spacial score (nSPS) is 13.7. The zero-order chi connectivity index (χ0) is 21.0. The maximum atomic E-state index is 12.7. The van der Waals surface area contributed by atoms with Crippen LogP contribution < -0.4 is 10.1 Å². The highest BCUT2D eigenvalue weighted by molar-refractivity contribution is 6.32. The van der Waals surface area contributed by atoms with Crippen molar-refractivity contribution < 1.29 is 24.2 Å². The van der Waals surface area contributed by atoms with E-state index in [4.69, 9.17) is 32.7 Å². The van der Waals surface area contributed by atoms with E-state index in [9.17, 15) is 14.7 Å². The van der Waals surface area contributed by atoms with Gasteiger partial charge in [-0.15, -0.1) is 0 Å². The standard InChI is InChI=1S/C20H18Cl2N2O5/c1-28-20(27)13-11-24(8-9-25)19(26)18(13)23-15-10-12(21)6-7-17(15)29-16-5-3-2-4-14(16)22/h2-7,10,23,25H,8-9,11H2,1H3. The second kappa shape index (κ2) is 9.17. The number of para-hydroxylation sites is 1. The average molecular weight is 437 g/mol. The smallest absolute Gasteiger partial charge is 0.337 e. The fraction of sp³-hybridized carbons (Fsp3) is 0.200. The number of nitrogens with zero attached hydrogens (tertiary/aromatic N) is 1. The van der Waals surface area contributed by atoms with Gasteiger partial charge in [-0.25, -0.2) is 4.79 Å². The highest BCUT2D eigenvalue weighted by Gasteiger charge is 2.34. The number of carbonyl (C=O) groups is 2. The van der Waals surface area contributed by atoms with Gasteiger partial charge in [-0.05, 0) is 30.3 Å². The van der Waals surface area contributed by atoms with Crippen LogP contribution in [0.2, 0.25) is 10.0 Å².